The van der Waals surface area contributed by atoms with Crippen LogP contribution in [0.25, 0.3) is 0 Å². The van der Waals surface area contributed by atoms with Crippen LogP contribution in [0.4, 0.5) is 0 Å². The first-order chi connectivity index (χ1) is 11.4. The molecule has 0 atom stereocenters. The predicted octanol–water partition coefficient (Wildman–Crippen LogP) is 5.85. The van der Waals surface area contributed by atoms with Crippen molar-refractivity contribution < 1.29 is 0 Å². The molecular formula is C22H28ClN. The molecule has 0 unspecified atom stereocenters. The van der Waals surface area contributed by atoms with Crippen LogP contribution >= 0.6 is 11.6 Å². The number of halogens is 1. The third kappa shape index (κ3) is 4.84. The average molecular weight is 342 g/mol. The highest BCUT2D eigenvalue weighted by Gasteiger charge is 2.23. The van der Waals surface area contributed by atoms with Crippen LogP contribution in [0.2, 0.25) is 5.02 Å². The molecular weight excluding hydrogens is 314 g/mol. The Hall–Kier alpha value is -1.31. The Bertz CT molecular complexity index is 678. The van der Waals surface area contributed by atoms with Gasteiger partial charge in [-0.1, -0.05) is 62.7 Å². The zero-order valence-corrected chi connectivity index (χ0v) is 15.8. The minimum atomic E-state index is 0.220. The molecule has 0 bridgehead atoms. The molecule has 0 saturated heterocycles. The lowest BCUT2D eigenvalue weighted by Gasteiger charge is -2.19. The number of rotatable bonds is 6. The maximum Gasteiger partial charge on any atom is 0.0411 e. The minimum Gasteiger partial charge on any atom is -0.312 e. The van der Waals surface area contributed by atoms with Gasteiger partial charge in [0.15, 0.2) is 0 Å². The second-order valence-corrected chi connectivity index (χ2v) is 8.48. The van der Waals surface area contributed by atoms with Crippen LogP contribution in [0.3, 0.4) is 0 Å². The first kappa shape index (κ1) is 17.5. The van der Waals surface area contributed by atoms with Crippen molar-refractivity contribution in [3.8, 4) is 0 Å². The Kier molecular flexibility index (Phi) is 5.32. The molecule has 0 heterocycles. The van der Waals surface area contributed by atoms with E-state index >= 15 is 0 Å². The summed E-state index contributed by atoms with van der Waals surface area (Å²) >= 11 is 6.26. The summed E-state index contributed by atoms with van der Waals surface area (Å²) < 4.78 is 0. The van der Waals surface area contributed by atoms with E-state index in [9.17, 15) is 0 Å². The number of hydrogen-bond acceptors (Lipinski definition) is 1. The molecule has 1 saturated carbocycles. The van der Waals surface area contributed by atoms with E-state index in [0.717, 1.165) is 30.5 Å². The second kappa shape index (κ2) is 7.29. The largest absolute Gasteiger partial charge is 0.312 e. The van der Waals surface area contributed by atoms with E-state index in [4.69, 9.17) is 11.6 Å². The molecule has 0 radical (unpaired) electrons. The number of benzene rings is 2. The van der Waals surface area contributed by atoms with Crippen LogP contribution in [-0.4, -0.2) is 6.54 Å². The highest BCUT2D eigenvalue weighted by atomic mass is 35.5. The molecule has 2 heteroatoms. The lowest BCUT2D eigenvalue weighted by molar-refractivity contribution is 0.589. The first-order valence-electron chi connectivity index (χ1n) is 9.01. The first-order valence-corrected chi connectivity index (χ1v) is 9.39. The minimum absolute atomic E-state index is 0.220. The summed E-state index contributed by atoms with van der Waals surface area (Å²) in [5.74, 6) is 0.761. The molecule has 0 spiro atoms. The van der Waals surface area contributed by atoms with Crippen molar-refractivity contribution in [1.82, 2.24) is 5.32 Å². The highest BCUT2D eigenvalue weighted by Crippen LogP contribution is 2.41. The van der Waals surface area contributed by atoms with Crippen LogP contribution in [0.15, 0.2) is 42.5 Å². The summed E-state index contributed by atoms with van der Waals surface area (Å²) in [6.45, 7) is 8.65. The maximum absolute atomic E-state index is 6.26. The molecule has 1 aliphatic carbocycles. The van der Waals surface area contributed by atoms with Gasteiger partial charge < -0.3 is 5.32 Å². The van der Waals surface area contributed by atoms with E-state index in [1.54, 1.807) is 0 Å². The maximum atomic E-state index is 6.26. The zero-order chi connectivity index (χ0) is 17.2. The average Bonchev–Trinajstić information content (AvgIpc) is 3.35. The summed E-state index contributed by atoms with van der Waals surface area (Å²) in [5, 5.41) is 4.43. The molecule has 0 amide bonds. The van der Waals surface area contributed by atoms with E-state index < -0.39 is 0 Å². The predicted molar refractivity (Wildman–Crippen MR) is 104 cm³/mol. The Morgan fingerprint density at radius 2 is 1.71 bits per heavy atom. The highest BCUT2D eigenvalue weighted by molar-refractivity contribution is 6.30. The van der Waals surface area contributed by atoms with Crippen molar-refractivity contribution in [2.45, 2.75) is 57.9 Å². The summed E-state index contributed by atoms with van der Waals surface area (Å²) in [5.41, 5.74) is 5.72. The third-order valence-electron chi connectivity index (χ3n) is 4.77. The Balaban J connectivity index is 1.48. The van der Waals surface area contributed by atoms with Gasteiger partial charge in [0, 0.05) is 11.6 Å². The molecule has 24 heavy (non-hydrogen) atoms. The van der Waals surface area contributed by atoms with Gasteiger partial charge in [0.25, 0.3) is 0 Å². The van der Waals surface area contributed by atoms with E-state index in [1.165, 1.54) is 35.1 Å². The molecule has 2 aromatic carbocycles. The summed E-state index contributed by atoms with van der Waals surface area (Å²) in [7, 11) is 0. The number of hydrogen-bond donors (Lipinski definition) is 1. The smallest absolute Gasteiger partial charge is 0.0411 e. The molecule has 3 rings (SSSR count). The van der Waals surface area contributed by atoms with Crippen LogP contribution in [0.5, 0.6) is 0 Å². The molecule has 0 aromatic heterocycles. The van der Waals surface area contributed by atoms with Crippen LogP contribution < -0.4 is 5.32 Å². The molecule has 1 N–H and O–H groups in total. The molecule has 1 nitrogen and oxygen atoms in total. The quantitative estimate of drug-likeness (QED) is 0.650. The van der Waals surface area contributed by atoms with E-state index in [1.807, 2.05) is 0 Å². The lowest BCUT2D eigenvalue weighted by atomic mass is 9.87. The van der Waals surface area contributed by atoms with Crippen molar-refractivity contribution in [3.05, 3.63) is 69.7 Å². The summed E-state index contributed by atoms with van der Waals surface area (Å²) in [6.07, 6.45) is 3.67. The van der Waals surface area contributed by atoms with Crippen LogP contribution in [0.1, 0.15) is 61.8 Å². The Morgan fingerprint density at radius 3 is 2.33 bits per heavy atom. The van der Waals surface area contributed by atoms with Crippen molar-refractivity contribution in [1.29, 1.82) is 0 Å². The normalized spacial score (nSPS) is 14.8. The van der Waals surface area contributed by atoms with E-state index in [0.29, 0.717) is 0 Å². The lowest BCUT2D eigenvalue weighted by Crippen LogP contribution is -2.17. The summed E-state index contributed by atoms with van der Waals surface area (Å²) in [4.78, 5) is 0. The van der Waals surface area contributed by atoms with Crippen molar-refractivity contribution in [2.75, 3.05) is 6.54 Å². The van der Waals surface area contributed by atoms with Gasteiger partial charge in [-0.15, -0.1) is 0 Å². The van der Waals surface area contributed by atoms with Gasteiger partial charge in [0.1, 0.15) is 0 Å². The molecule has 1 fully saturated rings. The fraction of sp³-hybridized carbons (Fsp3) is 0.455. The van der Waals surface area contributed by atoms with Gasteiger partial charge in [-0.2, -0.15) is 0 Å². The monoisotopic (exact) mass is 341 g/mol. The Labute approximate surface area is 151 Å². The van der Waals surface area contributed by atoms with Crippen molar-refractivity contribution in [3.63, 3.8) is 0 Å². The SMILES string of the molecule is CC(C)(C)c1ccc(CNCCc2cc(Cl)cc(C3CC3)c2)cc1. The molecule has 0 aliphatic heterocycles. The third-order valence-corrected chi connectivity index (χ3v) is 4.99. The molecule has 1 aliphatic rings. The van der Waals surface area contributed by atoms with Crippen molar-refractivity contribution in [2.24, 2.45) is 0 Å². The van der Waals surface area contributed by atoms with Gasteiger partial charge in [0.2, 0.25) is 0 Å². The zero-order valence-electron chi connectivity index (χ0n) is 15.0. The molecule has 2 aromatic rings. The second-order valence-electron chi connectivity index (χ2n) is 8.04. The van der Waals surface area contributed by atoms with Crippen molar-refractivity contribution >= 4 is 11.6 Å². The fourth-order valence-corrected chi connectivity index (χ4v) is 3.33. The molecule has 128 valence electrons. The van der Waals surface area contributed by atoms with Crippen LogP contribution in [0, 0.1) is 0 Å². The summed E-state index contributed by atoms with van der Waals surface area (Å²) in [6, 6.07) is 15.5. The Morgan fingerprint density at radius 1 is 1.00 bits per heavy atom. The van der Waals surface area contributed by atoms with Crippen LogP contribution in [-0.2, 0) is 18.4 Å². The fourth-order valence-electron chi connectivity index (χ4n) is 3.06. The van der Waals surface area contributed by atoms with Gasteiger partial charge in [-0.3, -0.25) is 0 Å². The van der Waals surface area contributed by atoms with Gasteiger partial charge in [-0.05, 0) is 71.5 Å². The van der Waals surface area contributed by atoms with Gasteiger partial charge >= 0.3 is 0 Å². The van der Waals surface area contributed by atoms with E-state index in [-0.39, 0.29) is 5.41 Å². The van der Waals surface area contributed by atoms with Gasteiger partial charge in [-0.25, -0.2) is 0 Å². The standard InChI is InChI=1S/C22H28ClN/c1-22(2,3)20-8-4-16(5-9-20)15-24-11-10-17-12-19(18-6-7-18)14-21(23)13-17/h4-5,8-9,12-14,18,24H,6-7,10-11,15H2,1-3H3. The van der Waals surface area contributed by atoms with E-state index in [2.05, 4.69) is 68.6 Å². The number of nitrogens with one attached hydrogen (secondary N) is 1. The van der Waals surface area contributed by atoms with Gasteiger partial charge in [0.05, 0.1) is 0 Å². The topological polar surface area (TPSA) is 12.0 Å².